The Morgan fingerprint density at radius 1 is 0.476 bits per heavy atom. The van der Waals surface area contributed by atoms with E-state index < -0.39 is 0 Å². The van der Waals surface area contributed by atoms with E-state index in [1.807, 2.05) is 0 Å². The summed E-state index contributed by atoms with van der Waals surface area (Å²) in [4.78, 5) is 15.4. The van der Waals surface area contributed by atoms with Crippen LogP contribution in [0.4, 0.5) is 0 Å². The fourth-order valence-corrected chi connectivity index (χ4v) is 6.96. The number of aromatic nitrogens is 4. The van der Waals surface area contributed by atoms with Gasteiger partial charge in [-0.05, 0) is 110 Å². The number of H-pyrrole nitrogens is 4. The first-order valence-corrected chi connectivity index (χ1v) is 16.1. The molecule has 5 heterocycles. The van der Waals surface area contributed by atoms with Gasteiger partial charge in [0, 0.05) is 54.9 Å². The molecule has 1 aliphatic heterocycles. The maximum absolute atomic E-state index is 3.89. The minimum Gasteiger partial charge on any atom is -0.355 e. The number of aromatic amines is 4. The average molecular weight is 559 g/mol. The van der Waals surface area contributed by atoms with E-state index in [9.17, 15) is 0 Å². The van der Waals surface area contributed by atoms with Crippen molar-refractivity contribution in [1.82, 2.24) is 19.9 Å². The summed E-state index contributed by atoms with van der Waals surface area (Å²) in [5, 5.41) is 7.33. The van der Waals surface area contributed by atoms with Crippen LogP contribution in [-0.4, -0.2) is 19.9 Å². The van der Waals surface area contributed by atoms with E-state index in [2.05, 4.69) is 110 Å². The number of fused-ring (bicyclic) bond motifs is 11. The summed E-state index contributed by atoms with van der Waals surface area (Å²) < 4.78 is 0. The summed E-state index contributed by atoms with van der Waals surface area (Å²) in [6.07, 6.45) is 18.3. The fraction of sp³-hybridized carbons (Fsp3) is 0.368. The van der Waals surface area contributed by atoms with Gasteiger partial charge in [0.2, 0.25) is 0 Å². The second-order valence-corrected chi connectivity index (χ2v) is 12.0. The molecule has 0 fully saturated rings. The monoisotopic (exact) mass is 558 g/mol. The van der Waals surface area contributed by atoms with Crippen molar-refractivity contribution in [3.63, 3.8) is 0 Å². The zero-order chi connectivity index (χ0) is 29.4. The number of rotatable bonds is 8. The predicted molar refractivity (Wildman–Crippen MR) is 179 cm³/mol. The van der Waals surface area contributed by atoms with Crippen molar-refractivity contribution in [3.05, 3.63) is 102 Å². The van der Waals surface area contributed by atoms with Crippen LogP contribution in [0.5, 0.6) is 0 Å². The van der Waals surface area contributed by atoms with Crippen molar-refractivity contribution in [2.75, 3.05) is 0 Å². The molecule has 6 rings (SSSR count). The second kappa shape index (κ2) is 11.8. The van der Waals surface area contributed by atoms with Crippen molar-refractivity contribution >= 4 is 35.1 Å². The van der Waals surface area contributed by atoms with E-state index in [1.54, 1.807) is 0 Å². The van der Waals surface area contributed by atoms with Gasteiger partial charge >= 0.3 is 0 Å². The Morgan fingerprint density at radius 3 is 1.29 bits per heavy atom. The molecule has 1 aromatic carbocycles. The summed E-state index contributed by atoms with van der Waals surface area (Å²) in [6, 6.07) is 8.76. The largest absolute Gasteiger partial charge is 0.355 e. The van der Waals surface area contributed by atoms with E-state index in [0.717, 1.165) is 37.1 Å². The molecule has 4 nitrogen and oxygen atoms in total. The molecular weight excluding hydrogens is 512 g/mol. The van der Waals surface area contributed by atoms with Crippen LogP contribution in [0.3, 0.4) is 0 Å². The summed E-state index contributed by atoms with van der Waals surface area (Å²) in [5.74, 6) is 0. The summed E-state index contributed by atoms with van der Waals surface area (Å²) in [6.45, 7) is 13.7. The van der Waals surface area contributed by atoms with Crippen LogP contribution >= 0.6 is 0 Å². The van der Waals surface area contributed by atoms with Crippen LogP contribution < -0.4 is 21.4 Å². The number of hydrogen-bond donors (Lipinski definition) is 4. The molecule has 4 aromatic heterocycles. The third kappa shape index (κ3) is 4.91. The Kier molecular flexibility index (Phi) is 7.90. The van der Waals surface area contributed by atoms with Gasteiger partial charge in [0.05, 0.1) is 0 Å². The van der Waals surface area contributed by atoms with Gasteiger partial charge in [-0.1, -0.05) is 64.8 Å². The van der Waals surface area contributed by atoms with Crippen LogP contribution in [0.15, 0.2) is 24.3 Å². The molecule has 0 saturated heterocycles. The Morgan fingerprint density at radius 2 is 0.881 bits per heavy atom. The minimum atomic E-state index is 1.00. The van der Waals surface area contributed by atoms with E-state index in [0.29, 0.717) is 0 Å². The zero-order valence-electron chi connectivity index (χ0n) is 26.3. The van der Waals surface area contributed by atoms with Gasteiger partial charge in [0.15, 0.2) is 0 Å². The zero-order valence-corrected chi connectivity index (χ0v) is 26.3. The molecule has 0 spiro atoms. The number of benzene rings is 1. The van der Waals surface area contributed by atoms with Crippen molar-refractivity contribution in [2.24, 2.45) is 0 Å². The first-order chi connectivity index (χ1) is 20.5. The van der Waals surface area contributed by atoms with Crippen LogP contribution in [0.25, 0.3) is 35.1 Å². The molecule has 1 aliphatic rings. The lowest BCUT2D eigenvalue weighted by Crippen LogP contribution is -2.13. The highest BCUT2D eigenvalue weighted by molar-refractivity contribution is 5.95. The molecule has 42 heavy (non-hydrogen) atoms. The fourth-order valence-electron chi connectivity index (χ4n) is 6.96. The maximum atomic E-state index is 3.89. The lowest BCUT2D eigenvalue weighted by Gasteiger charge is -2.02. The van der Waals surface area contributed by atoms with Crippen molar-refractivity contribution in [3.8, 4) is 0 Å². The molecule has 0 atom stereocenters. The normalized spacial score (nSPS) is 12.6. The third-order valence-corrected chi connectivity index (χ3v) is 9.39. The molecule has 0 unspecified atom stereocenters. The lowest BCUT2D eigenvalue weighted by atomic mass is 10.0. The predicted octanol–water partition coefficient (Wildman–Crippen LogP) is 6.21. The Hall–Kier alpha value is -3.92. The summed E-state index contributed by atoms with van der Waals surface area (Å²) >= 11 is 0. The number of unbranched alkanes of at least 4 members (excludes halogenated alkanes) is 2. The smallest absolute Gasteiger partial charge is 0.0485 e. The quantitative estimate of drug-likeness (QED) is 0.172. The molecule has 5 aromatic rings. The number of hydrogen-bond acceptors (Lipinski definition) is 0. The summed E-state index contributed by atoms with van der Waals surface area (Å²) in [7, 11) is 0. The highest BCUT2D eigenvalue weighted by atomic mass is 14.8. The van der Waals surface area contributed by atoms with Gasteiger partial charge in [-0.15, -0.1) is 0 Å². The van der Waals surface area contributed by atoms with Crippen molar-refractivity contribution < 1.29 is 0 Å². The minimum absolute atomic E-state index is 1.00. The molecule has 218 valence electrons. The first-order valence-electron chi connectivity index (χ1n) is 16.1. The standard InChI is InChI=1S/C38H46N4/c1-7-11-15-27-23(5)31-19-37-29-17-13-14-18-30(29)38(42-37)20-32-24(6)28(16-12-8-2)36(40-32)22-34-26(10-4)25(9-3)33(41-34)21-35(27)39-31/h13-14,17-22,39-42H,7-12,15-16H2,1-6H3. The van der Waals surface area contributed by atoms with Crippen LogP contribution in [0.2, 0.25) is 0 Å². The van der Waals surface area contributed by atoms with E-state index in [1.165, 1.54) is 103 Å². The van der Waals surface area contributed by atoms with Crippen LogP contribution in [-0.2, 0) is 25.7 Å². The maximum Gasteiger partial charge on any atom is 0.0485 e. The molecule has 0 radical (unpaired) electrons. The van der Waals surface area contributed by atoms with Crippen molar-refractivity contribution in [2.45, 2.75) is 92.9 Å². The average Bonchev–Trinajstić information content (AvgIpc) is 3.69. The molecule has 0 saturated carbocycles. The van der Waals surface area contributed by atoms with Gasteiger partial charge in [0.25, 0.3) is 0 Å². The van der Waals surface area contributed by atoms with Crippen LogP contribution in [0, 0.1) is 13.8 Å². The molecule has 4 heteroatoms. The van der Waals surface area contributed by atoms with Crippen LogP contribution in [0.1, 0.15) is 110 Å². The second-order valence-electron chi connectivity index (χ2n) is 12.0. The molecule has 0 amide bonds. The highest BCUT2D eigenvalue weighted by Gasteiger charge is 2.16. The molecular formula is C38H46N4. The Balaban J connectivity index is 1.75. The van der Waals surface area contributed by atoms with E-state index >= 15 is 0 Å². The van der Waals surface area contributed by atoms with Gasteiger partial charge in [0.1, 0.15) is 0 Å². The molecule has 4 N–H and O–H groups in total. The van der Waals surface area contributed by atoms with Gasteiger partial charge in [-0.25, -0.2) is 0 Å². The van der Waals surface area contributed by atoms with E-state index in [4.69, 9.17) is 0 Å². The summed E-state index contributed by atoms with van der Waals surface area (Å²) in [5.41, 5.74) is 13.2. The topological polar surface area (TPSA) is 63.2 Å². The third-order valence-electron chi connectivity index (χ3n) is 9.39. The number of nitrogens with one attached hydrogen (secondary N) is 4. The SMILES string of the molecule is CCCCc1c(C)c2[nH]c1=Cc1[nH]c(c(CC)c1CC)C=c1[nH]c(c(C)c1CCCC)=Cc1[nH]c(c3ccccc13)C=2. The van der Waals surface area contributed by atoms with Gasteiger partial charge in [-0.3, -0.25) is 0 Å². The molecule has 8 bridgehead atoms. The van der Waals surface area contributed by atoms with Crippen molar-refractivity contribution in [1.29, 1.82) is 0 Å². The Bertz CT molecular complexity index is 1860. The van der Waals surface area contributed by atoms with E-state index in [-0.39, 0.29) is 0 Å². The Labute approximate surface area is 249 Å². The lowest BCUT2D eigenvalue weighted by molar-refractivity contribution is 0.789. The highest BCUT2D eigenvalue weighted by Crippen LogP contribution is 2.25. The molecule has 0 aliphatic carbocycles. The van der Waals surface area contributed by atoms with Gasteiger partial charge < -0.3 is 19.9 Å². The first kappa shape index (κ1) is 28.2. The van der Waals surface area contributed by atoms with Gasteiger partial charge in [-0.2, -0.15) is 0 Å².